The maximum absolute atomic E-state index is 13.3. The molecule has 0 saturated heterocycles. The van der Waals surface area contributed by atoms with E-state index < -0.39 is 11.5 Å². The minimum Gasteiger partial charge on any atom is -0.491 e. The van der Waals surface area contributed by atoms with Crippen molar-refractivity contribution >= 4 is 22.9 Å². The molecular weight excluding hydrogens is 334 g/mol. The van der Waals surface area contributed by atoms with E-state index >= 15 is 0 Å². The van der Waals surface area contributed by atoms with E-state index in [9.17, 15) is 9.90 Å². The van der Waals surface area contributed by atoms with Crippen molar-refractivity contribution in [3.63, 3.8) is 0 Å². The number of aliphatic hydroxyl groups excluding tert-OH is 1. The molecule has 0 spiro atoms. The number of fused-ring (bicyclic) bond motifs is 1. The summed E-state index contributed by atoms with van der Waals surface area (Å²) in [5.41, 5.74) is 0.989. The maximum Gasteiger partial charge on any atom is 0.235 e. The number of hydrogen-bond acceptors (Lipinski definition) is 4. The van der Waals surface area contributed by atoms with Crippen molar-refractivity contribution < 1.29 is 14.6 Å². The summed E-state index contributed by atoms with van der Waals surface area (Å²) in [5, 5.41) is 15.3. The van der Waals surface area contributed by atoms with Crippen LogP contribution in [0.2, 0.25) is 0 Å². The number of thiophene rings is 1. The Morgan fingerprint density at radius 3 is 2.80 bits per heavy atom. The van der Waals surface area contributed by atoms with Crippen LogP contribution >= 0.6 is 11.3 Å². The standard InChI is InChI=1S/C20H23NO3S/c22-16-9-12-24-18-14(16)6-4-7-15(18)21-19(23)20(10-2-1-3-11-20)17-8-5-13-25-17/h4-8,13,16,22H,1-3,9-12H2,(H,21,23). The number of rotatable bonds is 3. The highest BCUT2D eigenvalue weighted by molar-refractivity contribution is 7.10. The number of carbonyl (C=O) groups excluding carboxylic acids is 1. The van der Waals surface area contributed by atoms with E-state index in [0.29, 0.717) is 24.5 Å². The number of carbonyl (C=O) groups is 1. The lowest BCUT2D eigenvalue weighted by atomic mass is 9.72. The van der Waals surface area contributed by atoms with Crippen LogP contribution in [0.15, 0.2) is 35.7 Å². The third-order valence-electron chi connectivity index (χ3n) is 5.42. The minimum atomic E-state index is -0.526. The van der Waals surface area contributed by atoms with E-state index in [4.69, 9.17) is 4.74 Å². The molecular formula is C20H23NO3S. The molecule has 2 aromatic rings. The van der Waals surface area contributed by atoms with E-state index in [-0.39, 0.29) is 5.91 Å². The van der Waals surface area contributed by atoms with Gasteiger partial charge in [-0.2, -0.15) is 0 Å². The van der Waals surface area contributed by atoms with Gasteiger partial charge in [-0.25, -0.2) is 0 Å². The van der Waals surface area contributed by atoms with Gasteiger partial charge in [0.2, 0.25) is 5.91 Å². The molecule has 1 amide bonds. The van der Waals surface area contributed by atoms with Crippen LogP contribution in [0, 0.1) is 0 Å². The Morgan fingerprint density at radius 2 is 2.04 bits per heavy atom. The minimum absolute atomic E-state index is 0.0479. The van der Waals surface area contributed by atoms with Gasteiger partial charge in [0, 0.05) is 16.9 Å². The van der Waals surface area contributed by atoms with Gasteiger partial charge in [0.1, 0.15) is 5.75 Å². The second-order valence-corrected chi connectivity index (χ2v) is 7.90. The van der Waals surface area contributed by atoms with E-state index in [1.165, 1.54) is 6.42 Å². The molecule has 1 saturated carbocycles. The van der Waals surface area contributed by atoms with Gasteiger partial charge >= 0.3 is 0 Å². The molecule has 0 radical (unpaired) electrons. The summed E-state index contributed by atoms with van der Waals surface area (Å²) < 4.78 is 5.76. The van der Waals surface area contributed by atoms with E-state index in [1.54, 1.807) is 11.3 Å². The first-order chi connectivity index (χ1) is 12.2. The van der Waals surface area contributed by atoms with Crippen LogP contribution in [-0.2, 0) is 10.2 Å². The average molecular weight is 357 g/mol. The second kappa shape index (κ2) is 6.81. The van der Waals surface area contributed by atoms with Crippen molar-refractivity contribution in [1.82, 2.24) is 0 Å². The van der Waals surface area contributed by atoms with Gasteiger partial charge in [-0.15, -0.1) is 11.3 Å². The lowest BCUT2D eigenvalue weighted by Gasteiger charge is -2.35. The van der Waals surface area contributed by atoms with Crippen molar-refractivity contribution in [3.8, 4) is 5.75 Å². The number of nitrogens with one attached hydrogen (secondary N) is 1. The number of amides is 1. The van der Waals surface area contributed by atoms with Crippen LogP contribution < -0.4 is 10.1 Å². The fourth-order valence-corrected chi connectivity index (χ4v) is 5.02. The molecule has 0 bridgehead atoms. The molecule has 1 aromatic heterocycles. The third-order valence-corrected chi connectivity index (χ3v) is 6.50. The zero-order chi connectivity index (χ0) is 17.3. The fourth-order valence-electron chi connectivity index (χ4n) is 4.04. The summed E-state index contributed by atoms with van der Waals surface area (Å²) >= 11 is 1.66. The molecule has 25 heavy (non-hydrogen) atoms. The quantitative estimate of drug-likeness (QED) is 0.856. The summed E-state index contributed by atoms with van der Waals surface area (Å²) in [4.78, 5) is 14.5. The van der Waals surface area contributed by atoms with Crippen molar-refractivity contribution in [2.45, 2.75) is 50.0 Å². The van der Waals surface area contributed by atoms with Gasteiger partial charge < -0.3 is 15.2 Å². The van der Waals surface area contributed by atoms with E-state index in [2.05, 4.69) is 11.4 Å². The molecule has 5 heteroatoms. The van der Waals surface area contributed by atoms with Crippen molar-refractivity contribution in [3.05, 3.63) is 46.2 Å². The molecule has 2 aliphatic rings. The lowest BCUT2D eigenvalue weighted by Crippen LogP contribution is -2.41. The maximum atomic E-state index is 13.3. The smallest absolute Gasteiger partial charge is 0.235 e. The van der Waals surface area contributed by atoms with Gasteiger partial charge in [-0.1, -0.05) is 37.5 Å². The highest BCUT2D eigenvalue weighted by Crippen LogP contribution is 2.44. The summed E-state index contributed by atoms with van der Waals surface area (Å²) in [6.07, 6.45) is 5.18. The zero-order valence-corrected chi connectivity index (χ0v) is 15.0. The normalized spacial score (nSPS) is 21.9. The average Bonchev–Trinajstić information content (AvgIpc) is 3.18. The number of ether oxygens (including phenoxy) is 1. The van der Waals surface area contributed by atoms with Crippen molar-refractivity contribution in [1.29, 1.82) is 0 Å². The Hall–Kier alpha value is -1.85. The molecule has 132 valence electrons. The van der Waals surface area contributed by atoms with Gasteiger partial charge in [0.15, 0.2) is 0 Å². The molecule has 1 atom stereocenters. The first-order valence-corrected chi connectivity index (χ1v) is 9.88. The topological polar surface area (TPSA) is 58.6 Å². The van der Waals surface area contributed by atoms with Crippen LogP contribution in [-0.4, -0.2) is 17.6 Å². The first-order valence-electron chi connectivity index (χ1n) is 9.00. The molecule has 2 heterocycles. The molecule has 2 N–H and O–H groups in total. The number of benzene rings is 1. The van der Waals surface area contributed by atoms with Crippen LogP contribution in [0.5, 0.6) is 5.75 Å². The highest BCUT2D eigenvalue weighted by atomic mass is 32.1. The number of anilines is 1. The molecule has 1 aliphatic heterocycles. The van der Waals surface area contributed by atoms with Gasteiger partial charge in [-0.05, 0) is 30.4 Å². The Bertz CT molecular complexity index is 750. The van der Waals surface area contributed by atoms with Crippen molar-refractivity contribution in [2.24, 2.45) is 0 Å². The molecule has 1 fully saturated rings. The predicted octanol–water partition coefficient (Wildman–Crippen LogP) is 4.40. The Kier molecular flexibility index (Phi) is 4.52. The summed E-state index contributed by atoms with van der Waals surface area (Å²) in [7, 11) is 0. The molecule has 1 unspecified atom stereocenters. The Balaban J connectivity index is 1.66. The number of hydrogen-bond donors (Lipinski definition) is 2. The van der Waals surface area contributed by atoms with E-state index in [0.717, 1.165) is 36.1 Å². The van der Waals surface area contributed by atoms with Crippen LogP contribution in [0.25, 0.3) is 0 Å². The third kappa shape index (κ3) is 2.96. The molecule has 1 aromatic carbocycles. The van der Waals surface area contributed by atoms with Crippen LogP contribution in [0.3, 0.4) is 0 Å². The molecule has 4 nitrogen and oxygen atoms in total. The largest absolute Gasteiger partial charge is 0.491 e. The van der Waals surface area contributed by atoms with Gasteiger partial charge in [0.05, 0.1) is 23.8 Å². The van der Waals surface area contributed by atoms with Crippen LogP contribution in [0.4, 0.5) is 5.69 Å². The SMILES string of the molecule is O=C(Nc1cccc2c1OCCC2O)C1(c2cccs2)CCCCC1. The lowest BCUT2D eigenvalue weighted by molar-refractivity contribution is -0.122. The van der Waals surface area contributed by atoms with Gasteiger partial charge in [-0.3, -0.25) is 4.79 Å². The fraction of sp³-hybridized carbons (Fsp3) is 0.450. The van der Waals surface area contributed by atoms with Crippen molar-refractivity contribution in [2.75, 3.05) is 11.9 Å². The Labute approximate surface area is 151 Å². The summed E-state index contributed by atoms with van der Waals surface area (Å²) in [5.74, 6) is 0.665. The van der Waals surface area contributed by atoms with E-state index in [1.807, 2.05) is 29.6 Å². The monoisotopic (exact) mass is 357 g/mol. The first kappa shape index (κ1) is 16.6. The summed E-state index contributed by atoms with van der Waals surface area (Å²) in [6.45, 7) is 0.469. The van der Waals surface area contributed by atoms with Crippen LogP contribution in [0.1, 0.15) is 55.1 Å². The number of para-hydroxylation sites is 1. The molecule has 4 rings (SSSR count). The predicted molar refractivity (Wildman–Crippen MR) is 99.2 cm³/mol. The highest BCUT2D eigenvalue weighted by Gasteiger charge is 2.42. The van der Waals surface area contributed by atoms with Gasteiger partial charge in [0.25, 0.3) is 0 Å². The Morgan fingerprint density at radius 1 is 1.20 bits per heavy atom. The summed E-state index contributed by atoms with van der Waals surface area (Å²) in [6, 6.07) is 9.69. The zero-order valence-electron chi connectivity index (χ0n) is 14.2. The molecule has 1 aliphatic carbocycles. The second-order valence-electron chi connectivity index (χ2n) is 6.95. The number of aliphatic hydroxyl groups is 1.